The molecule has 0 aromatic carbocycles. The van der Waals surface area contributed by atoms with Crippen molar-refractivity contribution < 1.29 is 33.5 Å². The van der Waals surface area contributed by atoms with E-state index >= 15 is 0 Å². The van der Waals surface area contributed by atoms with Gasteiger partial charge in [0.15, 0.2) is 0 Å². The van der Waals surface area contributed by atoms with Crippen molar-refractivity contribution in [3.8, 4) is 0 Å². The van der Waals surface area contributed by atoms with Gasteiger partial charge in [0.1, 0.15) is 0 Å². The van der Waals surface area contributed by atoms with Gasteiger partial charge >= 0.3 is 7.82 Å². The minimum Gasteiger partial charge on any atom is -0.385 e. The Labute approximate surface area is 166 Å². The molecule has 0 heterocycles. The molecule has 7 nitrogen and oxygen atoms in total. The molecule has 0 aliphatic heterocycles. The van der Waals surface area contributed by atoms with E-state index in [1.807, 2.05) is 0 Å². The van der Waals surface area contributed by atoms with Crippen LogP contribution in [0.4, 0.5) is 0 Å². The van der Waals surface area contributed by atoms with E-state index in [-0.39, 0.29) is 26.4 Å². The highest BCUT2D eigenvalue weighted by Crippen LogP contribution is 2.25. The third kappa shape index (κ3) is 86.2. The van der Waals surface area contributed by atoms with Gasteiger partial charge in [-0.15, -0.1) is 0 Å². The van der Waals surface area contributed by atoms with Gasteiger partial charge in [-0.2, -0.15) is 0 Å². The smallest absolute Gasteiger partial charge is 0.385 e. The molecule has 0 saturated carbocycles. The predicted molar refractivity (Wildman–Crippen MR) is 121 cm³/mol. The monoisotopic (exact) mass is 452 g/mol. The second kappa shape index (κ2) is 25.6. The van der Waals surface area contributed by atoms with Gasteiger partial charge < -0.3 is 28.9 Å². The highest BCUT2D eigenvalue weighted by Gasteiger charge is 2.00. The van der Waals surface area contributed by atoms with Crippen LogP contribution in [0.1, 0.15) is 0 Å². The van der Waals surface area contributed by atoms with Gasteiger partial charge in [-0.05, 0) is 18.1 Å². The first-order valence-corrected chi connectivity index (χ1v) is 20.0. The van der Waals surface area contributed by atoms with Gasteiger partial charge in [-0.1, -0.05) is 39.3 Å². The fraction of sp³-hybridized carbons (Fsp3) is 1.00. The molecule has 0 radical (unpaired) electrons. The summed E-state index contributed by atoms with van der Waals surface area (Å²) in [7, 11) is -0.296. The van der Waals surface area contributed by atoms with Gasteiger partial charge in [-0.25, -0.2) is 4.57 Å². The lowest BCUT2D eigenvalue weighted by atomic mass is 10.9. The van der Waals surface area contributed by atoms with Crippen molar-refractivity contribution >= 4 is 34.2 Å². The molecule has 0 rings (SSSR count). The van der Waals surface area contributed by atoms with Crippen LogP contribution >= 0.6 is 7.82 Å². The average Bonchev–Trinajstić information content (AvgIpc) is 2.48. The van der Waals surface area contributed by atoms with Crippen LogP contribution in [0.25, 0.3) is 0 Å². The Bertz CT molecular complexity index is 254. The van der Waals surface area contributed by atoms with Gasteiger partial charge in [-0.3, -0.25) is 0 Å². The molecule has 0 unspecified atom stereocenters. The van der Waals surface area contributed by atoms with Crippen LogP contribution in [0.2, 0.25) is 57.4 Å². The summed E-state index contributed by atoms with van der Waals surface area (Å²) in [4.78, 5) is 21.6. The van der Waals surface area contributed by atoms with E-state index in [2.05, 4.69) is 39.3 Å². The number of methoxy groups -OCH3 is 3. The highest BCUT2D eigenvalue weighted by molar-refractivity contribution is 7.45. The molecule has 0 saturated heterocycles. The SMILES string of the molecule is COCC[SiH](C)C.COCC[SiH](C)C.COCC[SiH](C)C.O=P(O)(O)O. The van der Waals surface area contributed by atoms with Crippen LogP contribution in [0.5, 0.6) is 0 Å². The molecular weight excluding hydrogens is 407 g/mol. The molecule has 0 amide bonds. The summed E-state index contributed by atoms with van der Waals surface area (Å²) in [6.07, 6.45) is 0. The van der Waals surface area contributed by atoms with Crippen molar-refractivity contribution in [1.82, 2.24) is 0 Å². The number of rotatable bonds is 9. The topological polar surface area (TPSA) is 105 Å². The highest BCUT2D eigenvalue weighted by atomic mass is 31.2. The summed E-state index contributed by atoms with van der Waals surface area (Å²) in [5.74, 6) is 0. The van der Waals surface area contributed by atoms with Gasteiger partial charge in [0, 0.05) is 67.5 Å². The van der Waals surface area contributed by atoms with Crippen LogP contribution in [-0.4, -0.2) is 82.2 Å². The van der Waals surface area contributed by atoms with Crippen molar-refractivity contribution in [1.29, 1.82) is 0 Å². The minimum atomic E-state index is -4.64. The third-order valence-corrected chi connectivity index (χ3v) is 6.87. The number of phosphoric acid groups is 1. The molecular formula is C15H45O7PSi3. The second-order valence-corrected chi connectivity index (χ2v) is 18.2. The van der Waals surface area contributed by atoms with Crippen molar-refractivity contribution in [3.63, 3.8) is 0 Å². The average molecular weight is 453 g/mol. The fourth-order valence-corrected chi connectivity index (χ4v) is 3.18. The molecule has 3 N–H and O–H groups in total. The van der Waals surface area contributed by atoms with E-state index in [4.69, 9.17) is 33.5 Å². The van der Waals surface area contributed by atoms with Gasteiger partial charge in [0.05, 0.1) is 0 Å². The Morgan fingerprint density at radius 2 is 0.769 bits per heavy atom. The van der Waals surface area contributed by atoms with E-state index < -0.39 is 7.82 Å². The molecule has 0 aliphatic rings. The quantitative estimate of drug-likeness (QED) is 0.364. The maximum absolute atomic E-state index is 8.88. The zero-order chi connectivity index (χ0) is 21.6. The van der Waals surface area contributed by atoms with Crippen LogP contribution < -0.4 is 0 Å². The summed E-state index contributed by atoms with van der Waals surface area (Å²) in [5, 5.41) is 0. The summed E-state index contributed by atoms with van der Waals surface area (Å²) in [6.45, 7) is 16.9. The molecule has 164 valence electrons. The molecule has 11 heteroatoms. The van der Waals surface area contributed by atoms with Crippen LogP contribution in [-0.2, 0) is 18.8 Å². The van der Waals surface area contributed by atoms with E-state index in [0.717, 1.165) is 19.8 Å². The first-order chi connectivity index (χ1) is 11.8. The molecule has 0 bridgehead atoms. The van der Waals surface area contributed by atoms with E-state index in [9.17, 15) is 0 Å². The number of hydrogen-bond acceptors (Lipinski definition) is 4. The molecule has 26 heavy (non-hydrogen) atoms. The molecule has 0 spiro atoms. The molecule has 0 aliphatic carbocycles. The van der Waals surface area contributed by atoms with Crippen molar-refractivity contribution in [2.45, 2.75) is 57.4 Å². The molecule has 0 atom stereocenters. The minimum absolute atomic E-state index is 0.313. The maximum atomic E-state index is 8.88. The van der Waals surface area contributed by atoms with E-state index in [0.29, 0.717) is 0 Å². The predicted octanol–water partition coefficient (Wildman–Crippen LogP) is 2.43. The summed E-state index contributed by atoms with van der Waals surface area (Å²) >= 11 is 0. The first kappa shape index (κ1) is 34.2. The normalized spacial score (nSPS) is 10.6. The van der Waals surface area contributed by atoms with Crippen LogP contribution in [0, 0.1) is 0 Å². The van der Waals surface area contributed by atoms with E-state index in [1.165, 1.54) is 18.1 Å². The molecule has 0 aromatic rings. The maximum Gasteiger partial charge on any atom is 0.466 e. The Morgan fingerprint density at radius 1 is 0.615 bits per heavy atom. The first-order valence-electron chi connectivity index (χ1n) is 9.06. The van der Waals surface area contributed by atoms with Crippen LogP contribution in [0.3, 0.4) is 0 Å². The van der Waals surface area contributed by atoms with Gasteiger partial charge in [0.2, 0.25) is 0 Å². The lowest BCUT2D eigenvalue weighted by Gasteiger charge is -1.98. The van der Waals surface area contributed by atoms with Crippen molar-refractivity contribution in [2.24, 2.45) is 0 Å². The third-order valence-electron chi connectivity index (χ3n) is 2.70. The Balaban J connectivity index is -0.000000125. The van der Waals surface area contributed by atoms with Crippen molar-refractivity contribution in [2.75, 3.05) is 41.2 Å². The largest absolute Gasteiger partial charge is 0.466 e. The lowest BCUT2D eigenvalue weighted by molar-refractivity contribution is 0.215. The fourth-order valence-electron chi connectivity index (χ4n) is 1.06. The number of hydrogen-bond donors (Lipinski definition) is 3. The zero-order valence-corrected chi connectivity index (χ0v) is 22.8. The number of ether oxygens (including phenoxy) is 3. The van der Waals surface area contributed by atoms with E-state index in [1.54, 1.807) is 21.3 Å². The Hall–Kier alpha value is 0.641. The summed E-state index contributed by atoms with van der Waals surface area (Å²) in [6, 6.07) is 3.95. The van der Waals surface area contributed by atoms with Crippen LogP contribution in [0.15, 0.2) is 0 Å². The molecule has 0 aromatic heterocycles. The van der Waals surface area contributed by atoms with Gasteiger partial charge in [0.25, 0.3) is 0 Å². The Morgan fingerprint density at radius 3 is 0.808 bits per heavy atom. The van der Waals surface area contributed by atoms with Crippen molar-refractivity contribution in [3.05, 3.63) is 0 Å². The molecule has 0 fully saturated rings. The lowest BCUT2D eigenvalue weighted by Crippen LogP contribution is -2.02. The summed E-state index contributed by atoms with van der Waals surface area (Å²) < 4.78 is 23.5. The Kier molecular flexibility index (Phi) is 33.7. The zero-order valence-electron chi connectivity index (χ0n) is 18.4. The second-order valence-electron chi connectivity index (χ2n) is 7.04. The standard InChI is InChI=1S/3C5H14OSi.H3O4P/c3*1-6-4-5-7(2)3;1-5(2,3)4/h3*7H,4-5H2,1-3H3;(H3,1,2,3,4). The summed E-state index contributed by atoms with van der Waals surface area (Å²) in [5.41, 5.74) is 0.